The summed E-state index contributed by atoms with van der Waals surface area (Å²) in [7, 11) is 0. The molecule has 0 amide bonds. The number of halogens is 3. The SMILES string of the molecule is C=C(OCCOCC)[C@@H](C)Oc1nc(F)c(Cl)c(N)c1Cl. The molecule has 0 aliphatic rings. The van der Waals surface area contributed by atoms with Crippen LogP contribution in [-0.4, -0.2) is 30.9 Å². The van der Waals surface area contributed by atoms with Crippen LogP contribution in [0, 0.1) is 5.95 Å². The highest BCUT2D eigenvalue weighted by molar-refractivity contribution is 6.39. The van der Waals surface area contributed by atoms with Gasteiger partial charge in [-0.2, -0.15) is 9.37 Å². The lowest BCUT2D eigenvalue weighted by molar-refractivity contribution is 0.0614. The molecule has 1 rings (SSSR count). The number of nitrogen functional groups attached to an aromatic ring is 1. The van der Waals surface area contributed by atoms with E-state index in [1.54, 1.807) is 6.92 Å². The first kappa shape index (κ1) is 17.8. The van der Waals surface area contributed by atoms with Crippen molar-refractivity contribution in [1.82, 2.24) is 4.98 Å². The summed E-state index contributed by atoms with van der Waals surface area (Å²) < 4.78 is 29.3. The Morgan fingerprint density at radius 2 is 2.05 bits per heavy atom. The van der Waals surface area contributed by atoms with Gasteiger partial charge in [-0.15, -0.1) is 0 Å². The molecular weight excluding hydrogens is 322 g/mol. The second-order valence-electron chi connectivity index (χ2n) is 4.02. The molecule has 0 saturated carbocycles. The number of hydrogen-bond acceptors (Lipinski definition) is 5. The van der Waals surface area contributed by atoms with E-state index >= 15 is 0 Å². The molecular formula is C13H17Cl2FN2O3. The molecule has 1 atom stereocenters. The quantitative estimate of drug-likeness (QED) is 0.446. The van der Waals surface area contributed by atoms with Crippen LogP contribution in [0.25, 0.3) is 0 Å². The van der Waals surface area contributed by atoms with Crippen LogP contribution in [0.1, 0.15) is 13.8 Å². The van der Waals surface area contributed by atoms with Gasteiger partial charge in [0.1, 0.15) is 22.4 Å². The summed E-state index contributed by atoms with van der Waals surface area (Å²) >= 11 is 11.5. The standard InChI is InChI=1S/C13H17Cl2FN2O3/c1-4-19-5-6-20-7(2)8(3)21-13-10(15)11(17)9(14)12(16)18-13/h8H,2,4-6H2,1,3H3,(H2,17,18)/t8-/m1/s1. The van der Waals surface area contributed by atoms with Gasteiger partial charge in [-0.25, -0.2) is 0 Å². The average molecular weight is 339 g/mol. The molecule has 1 aromatic heterocycles. The Morgan fingerprint density at radius 1 is 1.38 bits per heavy atom. The number of anilines is 1. The van der Waals surface area contributed by atoms with Crippen LogP contribution in [0.5, 0.6) is 5.88 Å². The predicted molar refractivity (Wildman–Crippen MR) is 80.3 cm³/mol. The summed E-state index contributed by atoms with van der Waals surface area (Å²) in [4.78, 5) is 3.51. The van der Waals surface area contributed by atoms with Gasteiger partial charge in [0.15, 0.2) is 6.10 Å². The zero-order valence-electron chi connectivity index (χ0n) is 11.8. The third kappa shape index (κ3) is 4.91. The average Bonchev–Trinajstić information content (AvgIpc) is 2.46. The van der Waals surface area contributed by atoms with E-state index in [1.165, 1.54) is 0 Å². The molecule has 8 heteroatoms. The lowest BCUT2D eigenvalue weighted by atomic mass is 10.3. The smallest absolute Gasteiger partial charge is 0.238 e. The number of pyridine rings is 1. The Labute approximate surface area is 132 Å². The monoisotopic (exact) mass is 338 g/mol. The fourth-order valence-corrected chi connectivity index (χ4v) is 1.68. The van der Waals surface area contributed by atoms with Gasteiger partial charge in [-0.1, -0.05) is 29.8 Å². The first-order valence-electron chi connectivity index (χ1n) is 6.24. The minimum Gasteiger partial charge on any atom is -0.492 e. The van der Waals surface area contributed by atoms with E-state index in [0.29, 0.717) is 25.6 Å². The third-order valence-electron chi connectivity index (χ3n) is 2.50. The lowest BCUT2D eigenvalue weighted by Gasteiger charge is -2.18. The topological polar surface area (TPSA) is 66.6 Å². The minimum absolute atomic E-state index is 0.0598. The summed E-state index contributed by atoms with van der Waals surface area (Å²) in [6.07, 6.45) is -0.600. The van der Waals surface area contributed by atoms with Crippen molar-refractivity contribution >= 4 is 28.9 Å². The largest absolute Gasteiger partial charge is 0.492 e. The summed E-state index contributed by atoms with van der Waals surface area (Å²) in [5, 5.41) is -0.401. The van der Waals surface area contributed by atoms with Gasteiger partial charge in [0.25, 0.3) is 0 Å². The van der Waals surface area contributed by atoms with E-state index in [-0.39, 0.29) is 21.6 Å². The van der Waals surface area contributed by atoms with Gasteiger partial charge in [0, 0.05) is 6.61 Å². The molecule has 5 nitrogen and oxygen atoms in total. The van der Waals surface area contributed by atoms with Crippen LogP contribution in [0.4, 0.5) is 10.1 Å². The Morgan fingerprint density at radius 3 is 2.67 bits per heavy atom. The fraction of sp³-hybridized carbons (Fsp3) is 0.462. The maximum Gasteiger partial charge on any atom is 0.238 e. The number of nitrogens with zero attached hydrogens (tertiary/aromatic N) is 1. The number of rotatable bonds is 8. The maximum atomic E-state index is 13.4. The van der Waals surface area contributed by atoms with Crippen LogP contribution in [0.3, 0.4) is 0 Å². The number of nitrogens with two attached hydrogens (primary N) is 1. The number of aromatic nitrogens is 1. The van der Waals surface area contributed by atoms with E-state index in [4.69, 9.17) is 43.1 Å². The minimum atomic E-state index is -0.955. The molecule has 0 spiro atoms. The lowest BCUT2D eigenvalue weighted by Crippen LogP contribution is -2.19. The number of ether oxygens (including phenoxy) is 3. The zero-order valence-corrected chi connectivity index (χ0v) is 13.3. The van der Waals surface area contributed by atoms with Gasteiger partial charge in [0.05, 0.1) is 12.3 Å². The van der Waals surface area contributed by atoms with E-state index in [0.717, 1.165) is 0 Å². The first-order valence-corrected chi connectivity index (χ1v) is 7.00. The Hall–Kier alpha value is -1.24. The Balaban J connectivity index is 2.66. The third-order valence-corrected chi connectivity index (χ3v) is 3.23. The Kier molecular flexibility index (Phi) is 7.01. The van der Waals surface area contributed by atoms with E-state index in [9.17, 15) is 4.39 Å². The van der Waals surface area contributed by atoms with E-state index in [2.05, 4.69) is 11.6 Å². The molecule has 0 unspecified atom stereocenters. The molecule has 0 fully saturated rings. The van der Waals surface area contributed by atoms with Crippen molar-refractivity contribution in [2.75, 3.05) is 25.6 Å². The maximum absolute atomic E-state index is 13.4. The normalized spacial score (nSPS) is 12.0. The van der Waals surface area contributed by atoms with Crippen molar-refractivity contribution in [3.8, 4) is 5.88 Å². The zero-order chi connectivity index (χ0) is 16.0. The summed E-state index contributed by atoms with van der Waals surface area (Å²) in [5.74, 6) is -0.789. The fourth-order valence-electron chi connectivity index (χ4n) is 1.31. The van der Waals surface area contributed by atoms with Crippen molar-refractivity contribution in [3.05, 3.63) is 28.3 Å². The van der Waals surface area contributed by atoms with Gasteiger partial charge in [0.2, 0.25) is 11.8 Å². The first-order chi connectivity index (χ1) is 9.88. The predicted octanol–water partition coefficient (Wildman–Crippen LogP) is 3.44. The second kappa shape index (κ2) is 8.26. The highest BCUT2D eigenvalue weighted by atomic mass is 35.5. The molecule has 0 aliphatic heterocycles. The molecule has 0 aromatic carbocycles. The van der Waals surface area contributed by atoms with E-state index in [1.807, 2.05) is 6.92 Å². The molecule has 1 aromatic rings. The van der Waals surface area contributed by atoms with Gasteiger partial charge < -0.3 is 19.9 Å². The van der Waals surface area contributed by atoms with Crippen molar-refractivity contribution in [2.45, 2.75) is 20.0 Å². The molecule has 2 N–H and O–H groups in total. The van der Waals surface area contributed by atoms with Crippen molar-refractivity contribution in [2.24, 2.45) is 0 Å². The summed E-state index contributed by atoms with van der Waals surface area (Å²) in [6, 6.07) is 0. The molecule has 0 radical (unpaired) electrons. The van der Waals surface area contributed by atoms with Crippen LogP contribution < -0.4 is 10.5 Å². The molecule has 0 aliphatic carbocycles. The van der Waals surface area contributed by atoms with E-state index < -0.39 is 12.1 Å². The van der Waals surface area contributed by atoms with Crippen LogP contribution in [-0.2, 0) is 9.47 Å². The van der Waals surface area contributed by atoms with Crippen LogP contribution in [0.15, 0.2) is 12.3 Å². The number of hydrogen-bond donors (Lipinski definition) is 1. The van der Waals surface area contributed by atoms with Crippen molar-refractivity contribution in [1.29, 1.82) is 0 Å². The van der Waals surface area contributed by atoms with Crippen molar-refractivity contribution < 1.29 is 18.6 Å². The molecule has 0 bridgehead atoms. The summed E-state index contributed by atoms with van der Waals surface area (Å²) in [6.45, 7) is 8.62. The van der Waals surface area contributed by atoms with Crippen molar-refractivity contribution in [3.63, 3.8) is 0 Å². The molecule has 21 heavy (non-hydrogen) atoms. The highest BCUT2D eigenvalue weighted by Crippen LogP contribution is 2.35. The van der Waals surface area contributed by atoms with Crippen LogP contribution in [0.2, 0.25) is 10.0 Å². The van der Waals surface area contributed by atoms with Gasteiger partial charge >= 0.3 is 0 Å². The molecule has 1 heterocycles. The van der Waals surface area contributed by atoms with Gasteiger partial charge in [-0.05, 0) is 13.8 Å². The second-order valence-corrected chi connectivity index (χ2v) is 4.78. The highest BCUT2D eigenvalue weighted by Gasteiger charge is 2.19. The van der Waals surface area contributed by atoms with Gasteiger partial charge in [-0.3, -0.25) is 0 Å². The molecule has 0 saturated heterocycles. The van der Waals surface area contributed by atoms with Crippen LogP contribution >= 0.6 is 23.2 Å². The summed E-state index contributed by atoms with van der Waals surface area (Å²) in [5.41, 5.74) is 5.43. The molecule has 118 valence electrons. The Bertz CT molecular complexity index is 515.